The van der Waals surface area contributed by atoms with Crippen molar-refractivity contribution in [2.24, 2.45) is 0 Å². The number of halogens is 4. The Balaban J connectivity index is 2.74. The van der Waals surface area contributed by atoms with Gasteiger partial charge in [0, 0.05) is 18.3 Å². The molecule has 0 heterocycles. The van der Waals surface area contributed by atoms with Gasteiger partial charge in [-0.3, -0.25) is 0 Å². The molecule has 0 aliphatic rings. The third-order valence-corrected chi connectivity index (χ3v) is 3.24. The monoisotopic (exact) mass is 281 g/mol. The van der Waals surface area contributed by atoms with Gasteiger partial charge in [0.2, 0.25) is 0 Å². The van der Waals surface area contributed by atoms with Crippen LogP contribution in [0.15, 0.2) is 18.2 Å². The summed E-state index contributed by atoms with van der Waals surface area (Å²) in [6.45, 7) is 2.25. The number of hydrogen-bond donors (Lipinski definition) is 1. The maximum absolute atomic E-state index is 13.0. The van der Waals surface area contributed by atoms with Gasteiger partial charge in [-0.15, -0.1) is 0 Å². The van der Waals surface area contributed by atoms with Gasteiger partial charge in [-0.05, 0) is 30.9 Å². The van der Waals surface area contributed by atoms with Crippen molar-refractivity contribution in [1.29, 1.82) is 0 Å². The van der Waals surface area contributed by atoms with E-state index in [1.54, 1.807) is 11.8 Å². The topological polar surface area (TPSA) is 12.0 Å². The molecule has 1 nitrogen and oxygen atoms in total. The summed E-state index contributed by atoms with van der Waals surface area (Å²) in [6.07, 6.45) is -2.69. The standard InChI is InChI=1S/C12H15F4NS/c1-8(7-18-2)17-6-9-3-4-11(13)10(5-9)12(14,15)16/h3-5,8,17H,6-7H2,1-2H3. The molecule has 0 bridgehead atoms. The molecule has 0 spiro atoms. The molecule has 102 valence electrons. The van der Waals surface area contributed by atoms with E-state index in [4.69, 9.17) is 0 Å². The van der Waals surface area contributed by atoms with Crippen molar-refractivity contribution in [1.82, 2.24) is 5.32 Å². The van der Waals surface area contributed by atoms with Crippen LogP contribution in [0.1, 0.15) is 18.1 Å². The van der Waals surface area contributed by atoms with Crippen LogP contribution in [0.2, 0.25) is 0 Å². The molecule has 18 heavy (non-hydrogen) atoms. The van der Waals surface area contributed by atoms with Crippen molar-refractivity contribution in [2.45, 2.75) is 25.7 Å². The van der Waals surface area contributed by atoms with Gasteiger partial charge in [0.05, 0.1) is 5.56 Å². The summed E-state index contributed by atoms with van der Waals surface area (Å²) in [5, 5.41) is 3.09. The lowest BCUT2D eigenvalue weighted by Crippen LogP contribution is -2.27. The summed E-state index contributed by atoms with van der Waals surface area (Å²) in [7, 11) is 0. The van der Waals surface area contributed by atoms with Crippen molar-refractivity contribution >= 4 is 11.8 Å². The number of nitrogens with one attached hydrogen (secondary N) is 1. The van der Waals surface area contributed by atoms with Crippen LogP contribution in [0.3, 0.4) is 0 Å². The lowest BCUT2D eigenvalue weighted by molar-refractivity contribution is -0.140. The van der Waals surface area contributed by atoms with Crippen LogP contribution in [-0.4, -0.2) is 18.1 Å². The van der Waals surface area contributed by atoms with Crippen molar-refractivity contribution in [3.05, 3.63) is 35.1 Å². The zero-order valence-corrected chi connectivity index (χ0v) is 11.0. The van der Waals surface area contributed by atoms with Gasteiger partial charge in [-0.25, -0.2) is 4.39 Å². The van der Waals surface area contributed by atoms with Crippen LogP contribution in [0, 0.1) is 5.82 Å². The highest BCUT2D eigenvalue weighted by atomic mass is 32.2. The van der Waals surface area contributed by atoms with Crippen LogP contribution < -0.4 is 5.32 Å². The molecule has 1 atom stereocenters. The van der Waals surface area contributed by atoms with E-state index >= 15 is 0 Å². The molecule has 0 saturated carbocycles. The van der Waals surface area contributed by atoms with E-state index in [0.29, 0.717) is 12.1 Å². The summed E-state index contributed by atoms with van der Waals surface area (Å²) < 4.78 is 50.5. The second kappa shape index (κ2) is 6.43. The third-order valence-electron chi connectivity index (χ3n) is 2.41. The van der Waals surface area contributed by atoms with Crippen molar-refractivity contribution in [3.8, 4) is 0 Å². The first-order valence-corrected chi connectivity index (χ1v) is 6.82. The molecule has 1 aromatic carbocycles. The van der Waals surface area contributed by atoms with Gasteiger partial charge in [-0.2, -0.15) is 24.9 Å². The Bertz CT molecular complexity index is 392. The first kappa shape index (κ1) is 15.3. The minimum absolute atomic E-state index is 0.194. The van der Waals surface area contributed by atoms with Crippen LogP contribution in [-0.2, 0) is 12.7 Å². The summed E-state index contributed by atoms with van der Waals surface area (Å²) in [5.41, 5.74) is -0.781. The molecule has 0 fully saturated rings. The van der Waals surface area contributed by atoms with Crippen molar-refractivity contribution < 1.29 is 17.6 Å². The van der Waals surface area contributed by atoms with E-state index in [9.17, 15) is 17.6 Å². The predicted octanol–water partition coefficient (Wildman–Crippen LogP) is 3.69. The van der Waals surface area contributed by atoms with Gasteiger partial charge in [0.15, 0.2) is 0 Å². The van der Waals surface area contributed by atoms with Crippen molar-refractivity contribution in [2.75, 3.05) is 12.0 Å². The number of thioether (sulfide) groups is 1. The molecule has 1 unspecified atom stereocenters. The molecule has 0 saturated heterocycles. The SMILES string of the molecule is CSCC(C)NCc1ccc(F)c(C(F)(F)F)c1. The van der Waals surface area contributed by atoms with E-state index in [1.165, 1.54) is 6.07 Å². The largest absolute Gasteiger partial charge is 0.419 e. The quantitative estimate of drug-likeness (QED) is 0.826. The van der Waals surface area contributed by atoms with E-state index in [2.05, 4.69) is 5.32 Å². The Morgan fingerprint density at radius 1 is 1.33 bits per heavy atom. The Labute approximate surface area is 108 Å². The normalized spacial score (nSPS) is 13.7. The van der Waals surface area contributed by atoms with Crippen molar-refractivity contribution in [3.63, 3.8) is 0 Å². The van der Waals surface area contributed by atoms with Crippen LogP contribution in [0.5, 0.6) is 0 Å². The molecule has 1 aromatic rings. The number of alkyl halides is 3. The molecule has 0 aliphatic heterocycles. The average molecular weight is 281 g/mol. The first-order chi connectivity index (χ1) is 8.34. The molecule has 0 aromatic heterocycles. The Kier molecular flexibility index (Phi) is 5.47. The highest BCUT2D eigenvalue weighted by Gasteiger charge is 2.34. The molecular weight excluding hydrogens is 266 g/mol. The summed E-state index contributed by atoms with van der Waals surface area (Å²) >= 11 is 1.65. The lowest BCUT2D eigenvalue weighted by atomic mass is 10.1. The molecule has 0 radical (unpaired) electrons. The smallest absolute Gasteiger partial charge is 0.309 e. The average Bonchev–Trinajstić information content (AvgIpc) is 2.27. The number of rotatable bonds is 5. The van der Waals surface area contributed by atoms with Gasteiger partial charge in [0.25, 0.3) is 0 Å². The summed E-state index contributed by atoms with van der Waals surface area (Å²) in [6, 6.07) is 3.27. The van der Waals surface area contributed by atoms with E-state index in [-0.39, 0.29) is 6.04 Å². The molecular formula is C12H15F4NS. The van der Waals surface area contributed by atoms with Gasteiger partial charge < -0.3 is 5.32 Å². The lowest BCUT2D eigenvalue weighted by Gasteiger charge is -2.14. The Morgan fingerprint density at radius 3 is 2.56 bits per heavy atom. The van der Waals surface area contributed by atoms with Crippen LogP contribution >= 0.6 is 11.8 Å². The molecule has 1 rings (SSSR count). The fourth-order valence-electron chi connectivity index (χ4n) is 1.50. The van der Waals surface area contributed by atoms with E-state index in [1.807, 2.05) is 13.2 Å². The summed E-state index contributed by atoms with van der Waals surface area (Å²) in [4.78, 5) is 0. The predicted molar refractivity (Wildman–Crippen MR) is 66.1 cm³/mol. The highest BCUT2D eigenvalue weighted by molar-refractivity contribution is 7.98. The third kappa shape index (κ3) is 4.49. The fourth-order valence-corrected chi connectivity index (χ4v) is 2.12. The van der Waals surface area contributed by atoms with Crippen LogP contribution in [0.25, 0.3) is 0 Å². The van der Waals surface area contributed by atoms with E-state index < -0.39 is 17.6 Å². The fraction of sp³-hybridized carbons (Fsp3) is 0.500. The second-order valence-corrected chi connectivity index (χ2v) is 4.96. The Hall–Kier alpha value is -0.750. The van der Waals surface area contributed by atoms with Crippen LogP contribution in [0.4, 0.5) is 17.6 Å². The zero-order valence-electron chi connectivity index (χ0n) is 10.1. The number of hydrogen-bond acceptors (Lipinski definition) is 2. The summed E-state index contributed by atoms with van der Waals surface area (Å²) in [5.74, 6) is -0.365. The second-order valence-electron chi connectivity index (χ2n) is 4.05. The maximum atomic E-state index is 13.0. The van der Waals surface area contributed by atoms with Gasteiger partial charge >= 0.3 is 6.18 Å². The molecule has 6 heteroatoms. The highest BCUT2D eigenvalue weighted by Crippen LogP contribution is 2.31. The molecule has 0 amide bonds. The zero-order chi connectivity index (χ0) is 13.8. The molecule has 1 N–H and O–H groups in total. The Morgan fingerprint density at radius 2 is 2.00 bits per heavy atom. The maximum Gasteiger partial charge on any atom is 0.419 e. The number of benzene rings is 1. The van der Waals surface area contributed by atoms with E-state index in [0.717, 1.165) is 17.9 Å². The minimum Gasteiger partial charge on any atom is -0.309 e. The minimum atomic E-state index is -4.65. The van der Waals surface area contributed by atoms with Gasteiger partial charge in [0.1, 0.15) is 5.82 Å². The first-order valence-electron chi connectivity index (χ1n) is 5.42. The molecule has 0 aliphatic carbocycles. The van der Waals surface area contributed by atoms with Gasteiger partial charge in [-0.1, -0.05) is 6.07 Å².